The highest BCUT2D eigenvalue weighted by Gasteiger charge is 2.26. The Morgan fingerprint density at radius 1 is 1.29 bits per heavy atom. The number of carbonyl (C=O) groups is 1. The quantitative estimate of drug-likeness (QED) is 0.672. The van der Waals surface area contributed by atoms with Crippen LogP contribution in [-0.2, 0) is 4.79 Å². The molecule has 2 N–H and O–H groups in total. The fraction of sp³-hybridized carbons (Fsp3) is 0.900. The van der Waals surface area contributed by atoms with Gasteiger partial charge in [-0.15, -0.1) is 0 Å². The third kappa shape index (κ3) is 2.25. The molecule has 2 rings (SSSR count). The van der Waals surface area contributed by atoms with E-state index in [2.05, 4.69) is 4.90 Å². The highest BCUT2D eigenvalue weighted by atomic mass is 16.2. The molecule has 14 heavy (non-hydrogen) atoms. The van der Waals surface area contributed by atoms with E-state index >= 15 is 0 Å². The number of hydrogen-bond donors (Lipinski definition) is 1. The molecule has 0 aromatic rings. The molecule has 0 spiro atoms. The summed E-state index contributed by atoms with van der Waals surface area (Å²) in [6.45, 7) is 5.06. The summed E-state index contributed by atoms with van der Waals surface area (Å²) in [4.78, 5) is 15.8. The molecule has 1 amide bonds. The summed E-state index contributed by atoms with van der Waals surface area (Å²) < 4.78 is 0. The number of amides is 1. The van der Waals surface area contributed by atoms with Crippen molar-refractivity contribution in [3.63, 3.8) is 0 Å². The maximum absolute atomic E-state index is 11.4. The van der Waals surface area contributed by atoms with Crippen LogP contribution >= 0.6 is 0 Å². The summed E-state index contributed by atoms with van der Waals surface area (Å²) >= 11 is 0. The monoisotopic (exact) mass is 197 g/mol. The van der Waals surface area contributed by atoms with Gasteiger partial charge in [0.15, 0.2) is 0 Å². The molecule has 4 nitrogen and oxygen atoms in total. The first-order chi connectivity index (χ1) is 6.75. The van der Waals surface area contributed by atoms with Crippen molar-refractivity contribution in [1.82, 2.24) is 9.80 Å². The first-order valence-electron chi connectivity index (χ1n) is 5.51. The van der Waals surface area contributed by atoms with Crippen LogP contribution in [0, 0.1) is 0 Å². The molecule has 2 heterocycles. The minimum absolute atomic E-state index is 0.0704. The van der Waals surface area contributed by atoms with E-state index in [1.165, 1.54) is 25.9 Å². The topological polar surface area (TPSA) is 49.6 Å². The first kappa shape index (κ1) is 9.93. The van der Waals surface area contributed by atoms with Crippen LogP contribution in [-0.4, -0.2) is 54.5 Å². The number of likely N-dealkylation sites (tertiary alicyclic amines) is 2. The van der Waals surface area contributed by atoms with Gasteiger partial charge in [0.05, 0.1) is 0 Å². The molecule has 2 aliphatic rings. The SMILES string of the molecule is NC1CC(=O)N(CCN2CCCC2)C1. The molecule has 2 aliphatic heterocycles. The molecule has 0 aromatic carbocycles. The predicted molar refractivity (Wildman–Crippen MR) is 54.8 cm³/mol. The van der Waals surface area contributed by atoms with Crippen LogP contribution in [0.3, 0.4) is 0 Å². The fourth-order valence-corrected chi connectivity index (χ4v) is 2.29. The molecular formula is C10H19N3O. The van der Waals surface area contributed by atoms with Crippen LogP contribution in [0.15, 0.2) is 0 Å². The van der Waals surface area contributed by atoms with Crippen LogP contribution < -0.4 is 5.73 Å². The van der Waals surface area contributed by atoms with Gasteiger partial charge in [-0.05, 0) is 25.9 Å². The second kappa shape index (κ2) is 4.28. The zero-order valence-corrected chi connectivity index (χ0v) is 8.61. The van der Waals surface area contributed by atoms with Gasteiger partial charge in [0.2, 0.25) is 5.91 Å². The van der Waals surface area contributed by atoms with E-state index < -0.39 is 0 Å². The summed E-state index contributed by atoms with van der Waals surface area (Å²) in [5.41, 5.74) is 5.72. The smallest absolute Gasteiger partial charge is 0.224 e. The minimum atomic E-state index is 0.0704. The Kier molecular flexibility index (Phi) is 3.03. The summed E-state index contributed by atoms with van der Waals surface area (Å²) in [7, 11) is 0. The van der Waals surface area contributed by atoms with Gasteiger partial charge in [-0.2, -0.15) is 0 Å². The van der Waals surface area contributed by atoms with Crippen LogP contribution in [0.4, 0.5) is 0 Å². The maximum Gasteiger partial charge on any atom is 0.224 e. The standard InChI is InChI=1S/C10H19N3O/c11-9-7-10(14)13(8-9)6-5-12-3-1-2-4-12/h9H,1-8,11H2. The van der Waals surface area contributed by atoms with Crippen LogP contribution in [0.2, 0.25) is 0 Å². The second-order valence-electron chi connectivity index (χ2n) is 4.35. The molecule has 0 radical (unpaired) electrons. The van der Waals surface area contributed by atoms with Gasteiger partial charge in [-0.1, -0.05) is 0 Å². The maximum atomic E-state index is 11.4. The van der Waals surface area contributed by atoms with E-state index in [1.54, 1.807) is 0 Å². The van der Waals surface area contributed by atoms with Gasteiger partial charge in [0.25, 0.3) is 0 Å². The van der Waals surface area contributed by atoms with E-state index in [1.807, 2.05) is 4.90 Å². The normalized spacial score (nSPS) is 29.1. The predicted octanol–water partition coefficient (Wildman–Crippen LogP) is -0.358. The Labute approximate surface area is 85.0 Å². The van der Waals surface area contributed by atoms with Gasteiger partial charge in [-0.25, -0.2) is 0 Å². The van der Waals surface area contributed by atoms with Crippen molar-refractivity contribution in [2.24, 2.45) is 5.73 Å². The Balaban J connectivity index is 1.72. The van der Waals surface area contributed by atoms with E-state index in [4.69, 9.17) is 5.73 Å². The Hall–Kier alpha value is -0.610. The largest absolute Gasteiger partial charge is 0.340 e. The summed E-state index contributed by atoms with van der Waals surface area (Å²) in [5, 5.41) is 0. The average Bonchev–Trinajstić information content (AvgIpc) is 2.72. The number of nitrogens with zero attached hydrogens (tertiary/aromatic N) is 2. The third-order valence-corrected chi connectivity index (χ3v) is 3.13. The lowest BCUT2D eigenvalue weighted by atomic mass is 10.3. The van der Waals surface area contributed by atoms with E-state index in [0.717, 1.165) is 19.6 Å². The molecule has 0 aromatic heterocycles. The summed E-state index contributed by atoms with van der Waals surface area (Å²) in [5.74, 6) is 0.233. The van der Waals surface area contributed by atoms with Crippen molar-refractivity contribution >= 4 is 5.91 Å². The Morgan fingerprint density at radius 3 is 2.57 bits per heavy atom. The number of nitrogens with two attached hydrogens (primary N) is 1. The molecule has 0 saturated carbocycles. The van der Waals surface area contributed by atoms with E-state index in [-0.39, 0.29) is 11.9 Å². The van der Waals surface area contributed by atoms with E-state index in [0.29, 0.717) is 6.42 Å². The van der Waals surface area contributed by atoms with Crippen LogP contribution in [0.1, 0.15) is 19.3 Å². The number of hydrogen-bond acceptors (Lipinski definition) is 3. The van der Waals surface area contributed by atoms with Crippen LogP contribution in [0.5, 0.6) is 0 Å². The van der Waals surface area contributed by atoms with Crippen molar-refractivity contribution in [2.45, 2.75) is 25.3 Å². The average molecular weight is 197 g/mol. The fourth-order valence-electron chi connectivity index (χ4n) is 2.29. The van der Waals surface area contributed by atoms with Crippen molar-refractivity contribution < 1.29 is 4.79 Å². The lowest BCUT2D eigenvalue weighted by molar-refractivity contribution is -0.127. The van der Waals surface area contributed by atoms with Crippen molar-refractivity contribution in [1.29, 1.82) is 0 Å². The molecule has 2 saturated heterocycles. The van der Waals surface area contributed by atoms with E-state index in [9.17, 15) is 4.79 Å². The highest BCUT2D eigenvalue weighted by molar-refractivity contribution is 5.79. The molecular weight excluding hydrogens is 178 g/mol. The minimum Gasteiger partial charge on any atom is -0.340 e. The molecule has 80 valence electrons. The molecule has 0 bridgehead atoms. The molecule has 1 unspecified atom stereocenters. The van der Waals surface area contributed by atoms with Crippen molar-refractivity contribution in [3.8, 4) is 0 Å². The zero-order chi connectivity index (χ0) is 9.97. The second-order valence-corrected chi connectivity index (χ2v) is 4.35. The molecule has 4 heteroatoms. The van der Waals surface area contributed by atoms with Gasteiger partial charge in [-0.3, -0.25) is 4.79 Å². The number of rotatable bonds is 3. The Bertz CT molecular complexity index is 213. The van der Waals surface area contributed by atoms with Gasteiger partial charge in [0.1, 0.15) is 0 Å². The van der Waals surface area contributed by atoms with Crippen molar-refractivity contribution in [2.75, 3.05) is 32.7 Å². The lowest BCUT2D eigenvalue weighted by Gasteiger charge is -2.20. The first-order valence-corrected chi connectivity index (χ1v) is 5.51. The van der Waals surface area contributed by atoms with Gasteiger partial charge >= 0.3 is 0 Å². The van der Waals surface area contributed by atoms with Crippen molar-refractivity contribution in [3.05, 3.63) is 0 Å². The number of carbonyl (C=O) groups excluding carboxylic acids is 1. The lowest BCUT2D eigenvalue weighted by Crippen LogP contribution is -2.35. The molecule has 1 atom stereocenters. The summed E-state index contributed by atoms with van der Waals surface area (Å²) in [6, 6.07) is 0.0704. The zero-order valence-electron chi connectivity index (χ0n) is 8.61. The Morgan fingerprint density at radius 2 is 2.00 bits per heavy atom. The van der Waals surface area contributed by atoms with Gasteiger partial charge < -0.3 is 15.5 Å². The van der Waals surface area contributed by atoms with Crippen LogP contribution in [0.25, 0.3) is 0 Å². The molecule has 2 fully saturated rings. The van der Waals surface area contributed by atoms with Gasteiger partial charge in [0, 0.05) is 32.1 Å². The summed E-state index contributed by atoms with van der Waals surface area (Å²) in [6.07, 6.45) is 3.17. The third-order valence-electron chi connectivity index (χ3n) is 3.13. The molecule has 0 aliphatic carbocycles. The highest BCUT2D eigenvalue weighted by Crippen LogP contribution is 2.11.